The van der Waals surface area contributed by atoms with Crippen LogP contribution in [0.4, 0.5) is 0 Å². The first-order valence-electron chi connectivity index (χ1n) is 5.12. The Kier molecular flexibility index (Phi) is 4.51. The zero-order valence-corrected chi connectivity index (χ0v) is 8.86. The molecule has 2 rings (SSSR count). The maximum atomic E-state index is 10.4. The van der Waals surface area contributed by atoms with Crippen LogP contribution in [0.3, 0.4) is 0 Å². The second kappa shape index (κ2) is 5.44. The lowest BCUT2D eigenvalue weighted by Gasteiger charge is -2.04. The lowest BCUT2D eigenvalue weighted by atomic mass is 10.2. The Morgan fingerprint density at radius 2 is 2.00 bits per heavy atom. The van der Waals surface area contributed by atoms with Crippen molar-refractivity contribution in [3.05, 3.63) is 0 Å². The number of ether oxygens (including phenoxy) is 2. The molecule has 0 radical (unpaired) electrons. The van der Waals surface area contributed by atoms with E-state index < -0.39 is 0 Å². The van der Waals surface area contributed by atoms with Crippen LogP contribution < -0.4 is 5.73 Å². The molecule has 0 amide bonds. The molecule has 2 fully saturated rings. The Bertz CT molecular complexity index is 188. The van der Waals surface area contributed by atoms with E-state index in [-0.39, 0.29) is 11.9 Å². The van der Waals surface area contributed by atoms with Crippen molar-refractivity contribution < 1.29 is 14.3 Å². The minimum atomic E-state index is -0.125. The first kappa shape index (κ1) is 11.6. The van der Waals surface area contributed by atoms with E-state index in [0.717, 1.165) is 13.0 Å². The van der Waals surface area contributed by atoms with Gasteiger partial charge in [0, 0.05) is 19.1 Å². The molecule has 0 aromatic carbocycles. The molecule has 4 nitrogen and oxygen atoms in total. The average molecular weight is 201 g/mol. The van der Waals surface area contributed by atoms with Crippen molar-refractivity contribution >= 4 is 5.78 Å². The number of nitrogens with two attached hydrogens (primary N) is 1. The highest BCUT2D eigenvalue weighted by molar-refractivity contribution is 5.84. The van der Waals surface area contributed by atoms with Crippen LogP contribution in [0.1, 0.15) is 26.7 Å². The predicted molar refractivity (Wildman–Crippen MR) is 53.0 cm³/mol. The van der Waals surface area contributed by atoms with Crippen molar-refractivity contribution in [3.8, 4) is 0 Å². The number of ketones is 1. The predicted octanol–water partition coefficient (Wildman–Crippen LogP) is 0.487. The third-order valence-electron chi connectivity index (χ3n) is 2.60. The van der Waals surface area contributed by atoms with Gasteiger partial charge < -0.3 is 15.2 Å². The Labute approximate surface area is 84.7 Å². The Morgan fingerprint density at radius 1 is 1.29 bits per heavy atom. The smallest absolute Gasteiger partial charge is 0.163 e. The van der Waals surface area contributed by atoms with Gasteiger partial charge in [-0.05, 0) is 20.3 Å². The Balaban J connectivity index is 0.000000140. The van der Waals surface area contributed by atoms with E-state index in [1.54, 1.807) is 6.92 Å². The minimum absolute atomic E-state index is 0.125. The molecule has 4 heteroatoms. The van der Waals surface area contributed by atoms with Gasteiger partial charge in [0.1, 0.15) is 6.10 Å². The van der Waals surface area contributed by atoms with E-state index >= 15 is 0 Å². The second-order valence-corrected chi connectivity index (χ2v) is 3.76. The number of carbonyl (C=O) groups excluding carboxylic acids is 1. The van der Waals surface area contributed by atoms with Crippen LogP contribution in [0.15, 0.2) is 0 Å². The van der Waals surface area contributed by atoms with Gasteiger partial charge in [-0.15, -0.1) is 0 Å². The van der Waals surface area contributed by atoms with Crippen LogP contribution in [0.25, 0.3) is 0 Å². The van der Waals surface area contributed by atoms with Crippen LogP contribution in [0.2, 0.25) is 0 Å². The van der Waals surface area contributed by atoms with Crippen LogP contribution >= 0.6 is 0 Å². The van der Waals surface area contributed by atoms with Gasteiger partial charge in [-0.1, -0.05) is 0 Å². The summed E-state index contributed by atoms with van der Waals surface area (Å²) in [6, 6.07) is 0.292. The van der Waals surface area contributed by atoms with E-state index in [1.807, 2.05) is 6.92 Å². The maximum Gasteiger partial charge on any atom is 0.163 e. The maximum absolute atomic E-state index is 10.4. The third kappa shape index (κ3) is 3.36. The number of Topliss-reactive ketones (excluding diaryl/α,β-unsaturated/α-hetero) is 1. The minimum Gasteiger partial charge on any atom is -0.377 e. The number of hydrogen-bond acceptors (Lipinski definition) is 4. The zero-order valence-electron chi connectivity index (χ0n) is 8.86. The summed E-state index contributed by atoms with van der Waals surface area (Å²) in [4.78, 5) is 10.4. The zero-order chi connectivity index (χ0) is 10.6. The van der Waals surface area contributed by atoms with Crippen LogP contribution in [-0.2, 0) is 14.3 Å². The molecule has 0 bridgehead atoms. The summed E-state index contributed by atoms with van der Waals surface area (Å²) >= 11 is 0. The third-order valence-corrected chi connectivity index (χ3v) is 2.60. The highest BCUT2D eigenvalue weighted by atomic mass is 16.5. The largest absolute Gasteiger partial charge is 0.377 e. The van der Waals surface area contributed by atoms with Crippen molar-refractivity contribution in [2.45, 2.75) is 44.9 Å². The van der Waals surface area contributed by atoms with Gasteiger partial charge in [-0.3, -0.25) is 4.79 Å². The molecule has 3 unspecified atom stereocenters. The van der Waals surface area contributed by atoms with E-state index in [2.05, 4.69) is 0 Å². The number of rotatable bonds is 0. The first-order chi connectivity index (χ1) is 6.61. The molecule has 2 aliphatic rings. The van der Waals surface area contributed by atoms with Crippen LogP contribution in [0, 0.1) is 0 Å². The molecular formula is C10H19NO3. The molecule has 2 N–H and O–H groups in total. The normalized spacial score (nSPS) is 36.8. The fraction of sp³-hybridized carbons (Fsp3) is 0.900. The topological polar surface area (TPSA) is 61.5 Å². The fourth-order valence-electron chi connectivity index (χ4n) is 1.38. The summed E-state index contributed by atoms with van der Waals surface area (Å²) < 4.78 is 10.1. The van der Waals surface area contributed by atoms with Gasteiger partial charge in [-0.2, -0.15) is 0 Å². The van der Waals surface area contributed by atoms with Crippen molar-refractivity contribution in [3.63, 3.8) is 0 Å². The highest BCUT2D eigenvalue weighted by Gasteiger charge is 2.19. The van der Waals surface area contributed by atoms with Crippen molar-refractivity contribution in [1.82, 2.24) is 0 Å². The summed E-state index contributed by atoms with van der Waals surface area (Å²) in [5.41, 5.74) is 5.55. The number of hydrogen-bond donors (Lipinski definition) is 1. The molecule has 0 aliphatic carbocycles. The summed E-state index contributed by atoms with van der Waals surface area (Å²) in [6.07, 6.45) is 1.81. The molecule has 0 aromatic rings. The summed E-state index contributed by atoms with van der Waals surface area (Å²) in [5, 5.41) is 0. The molecule has 2 saturated heterocycles. The molecule has 2 aliphatic heterocycles. The lowest BCUT2D eigenvalue weighted by molar-refractivity contribution is -0.121. The molecule has 14 heavy (non-hydrogen) atoms. The molecule has 2 heterocycles. The average Bonchev–Trinajstić information content (AvgIpc) is 2.67. The van der Waals surface area contributed by atoms with Gasteiger partial charge in [-0.25, -0.2) is 0 Å². The van der Waals surface area contributed by atoms with Crippen LogP contribution in [-0.4, -0.2) is 37.2 Å². The monoisotopic (exact) mass is 201 g/mol. The van der Waals surface area contributed by atoms with E-state index in [4.69, 9.17) is 15.2 Å². The highest BCUT2D eigenvalue weighted by Crippen LogP contribution is 2.08. The quantitative estimate of drug-likeness (QED) is 0.619. The van der Waals surface area contributed by atoms with E-state index in [1.165, 1.54) is 0 Å². The molecule has 82 valence electrons. The first-order valence-corrected chi connectivity index (χ1v) is 5.12. The molecule has 3 atom stereocenters. The Morgan fingerprint density at radius 3 is 2.14 bits per heavy atom. The van der Waals surface area contributed by atoms with Crippen LogP contribution in [0.5, 0.6) is 0 Å². The van der Waals surface area contributed by atoms with Gasteiger partial charge in [0.2, 0.25) is 0 Å². The summed E-state index contributed by atoms with van der Waals surface area (Å²) in [6.45, 7) is 5.27. The van der Waals surface area contributed by atoms with Crippen molar-refractivity contribution in [1.29, 1.82) is 0 Å². The molecule has 0 aromatic heterocycles. The van der Waals surface area contributed by atoms with E-state index in [0.29, 0.717) is 25.2 Å². The van der Waals surface area contributed by atoms with Gasteiger partial charge in [0.15, 0.2) is 5.78 Å². The standard InChI is InChI=1S/C5H11NO.C5H8O2/c2*1-4-5(6)2-3-7-4/h4-5H,2-3,6H2,1H3;4H,2-3H2,1H3. The second-order valence-electron chi connectivity index (χ2n) is 3.76. The molecular weight excluding hydrogens is 182 g/mol. The fourth-order valence-corrected chi connectivity index (χ4v) is 1.38. The van der Waals surface area contributed by atoms with E-state index in [9.17, 15) is 4.79 Å². The van der Waals surface area contributed by atoms with Crippen molar-refractivity contribution in [2.75, 3.05) is 13.2 Å². The Hall–Kier alpha value is -0.450. The lowest BCUT2D eigenvalue weighted by Crippen LogP contribution is -2.26. The van der Waals surface area contributed by atoms with Gasteiger partial charge in [0.05, 0.1) is 12.7 Å². The van der Waals surface area contributed by atoms with Gasteiger partial charge in [0.25, 0.3) is 0 Å². The summed E-state index contributed by atoms with van der Waals surface area (Å²) in [7, 11) is 0. The SMILES string of the molecule is CC1OCCC1=O.CC1OCCC1N. The van der Waals surface area contributed by atoms with Crippen molar-refractivity contribution in [2.24, 2.45) is 5.73 Å². The summed E-state index contributed by atoms with van der Waals surface area (Å²) in [5.74, 6) is 0.236. The van der Waals surface area contributed by atoms with Gasteiger partial charge >= 0.3 is 0 Å². The number of carbonyl (C=O) groups is 1. The molecule has 0 saturated carbocycles. The molecule has 0 spiro atoms.